The van der Waals surface area contributed by atoms with Gasteiger partial charge < -0.3 is 7.13 Å². The Bertz CT molecular complexity index is 16.9. The molecule has 0 aliphatic carbocycles. The van der Waals surface area contributed by atoms with Crippen LogP contribution in [-0.4, -0.2) is 83.2 Å². The minimum Gasteiger partial charge on any atom is -1.00 e. The minimum absolute atomic E-state index is 0. The first kappa shape index (κ1) is 23.4. The average molecular weight is 290 g/mol. The Balaban J connectivity index is 0. The van der Waals surface area contributed by atoms with Crippen LogP contribution in [0.3, 0.4) is 0 Å². The van der Waals surface area contributed by atoms with Crippen molar-refractivity contribution in [1.29, 1.82) is 0 Å². The summed E-state index contributed by atoms with van der Waals surface area (Å²) >= 11 is 0. The largest absolute Gasteiger partial charge is 2.00 e. The molecular formula is H5CaLiSmSr. The third-order valence-corrected chi connectivity index (χ3v) is 0. The second kappa shape index (κ2) is 15.6. The standard InChI is InChI=1S/Ca.Li.Sm.Sr.5H/q+2;+1;;+2;5*-1. The first-order valence-corrected chi connectivity index (χ1v) is 0. The van der Waals surface area contributed by atoms with Crippen LogP contribution in [0.25, 0.3) is 0 Å². The first-order chi connectivity index (χ1) is 0. The second-order valence-electron chi connectivity index (χ2n) is 0. The predicted molar refractivity (Wildman–Crippen MR) is 17.1 cm³/mol. The second-order valence-corrected chi connectivity index (χ2v) is 0. The van der Waals surface area contributed by atoms with Crippen molar-refractivity contribution in [2.45, 2.75) is 0 Å². The van der Waals surface area contributed by atoms with Gasteiger partial charge in [-0.25, -0.2) is 0 Å². The molecule has 0 amide bonds. The van der Waals surface area contributed by atoms with Gasteiger partial charge in [-0.2, -0.15) is 0 Å². The summed E-state index contributed by atoms with van der Waals surface area (Å²) in [6, 6.07) is 0. The summed E-state index contributed by atoms with van der Waals surface area (Å²) in [6.45, 7) is 0. The molecule has 0 aliphatic heterocycles. The smallest absolute Gasteiger partial charge is 1.00 e. The maximum atomic E-state index is 0. The predicted octanol–water partition coefficient (Wildman–Crippen LogP) is -3.20. The Morgan fingerprint density at radius 2 is 1.25 bits per heavy atom. The summed E-state index contributed by atoms with van der Waals surface area (Å²) in [6.07, 6.45) is 0. The maximum absolute atomic E-state index is 0. The molecule has 0 atom stereocenters. The molecule has 0 bridgehead atoms. The normalized spacial score (nSPS) is 0. The molecule has 0 heterocycles. The van der Waals surface area contributed by atoms with Crippen LogP contribution in [0.15, 0.2) is 0 Å². The van der Waals surface area contributed by atoms with Crippen molar-refractivity contribution in [3.05, 3.63) is 0 Å². The van der Waals surface area contributed by atoms with Crippen molar-refractivity contribution in [3.63, 3.8) is 0 Å². The fourth-order valence-electron chi connectivity index (χ4n) is 0. The van der Waals surface area contributed by atoms with Gasteiger partial charge in [0, 0.05) is 40.4 Å². The van der Waals surface area contributed by atoms with Crippen LogP contribution >= 0.6 is 0 Å². The molecule has 0 unspecified atom stereocenters. The quantitative estimate of drug-likeness (QED) is 0.412. The summed E-state index contributed by atoms with van der Waals surface area (Å²) < 4.78 is 0. The van der Waals surface area contributed by atoms with Crippen molar-refractivity contribution >= 4 is 83.2 Å². The summed E-state index contributed by atoms with van der Waals surface area (Å²) in [7, 11) is 0. The molecule has 0 saturated carbocycles. The Kier molecular flexibility index (Phi) is 91.5. The Morgan fingerprint density at radius 3 is 1.25 bits per heavy atom. The number of hydrogen-bond acceptors (Lipinski definition) is 0. The van der Waals surface area contributed by atoms with Gasteiger partial charge in [-0.05, 0) is 0 Å². The van der Waals surface area contributed by atoms with Crippen molar-refractivity contribution < 1.29 is 66.4 Å². The van der Waals surface area contributed by atoms with E-state index >= 15 is 0 Å². The minimum atomic E-state index is 0. The van der Waals surface area contributed by atoms with Crippen LogP contribution < -0.4 is 18.9 Å². The van der Waals surface area contributed by atoms with Gasteiger partial charge in [0.2, 0.25) is 0 Å². The number of rotatable bonds is 0. The third kappa shape index (κ3) is 9.84. The molecule has 0 fully saturated rings. The molecule has 0 saturated heterocycles. The SMILES string of the molecule is [Ca+2].[H-].[H-].[H-].[H-].[H-].[Li+].[Sm].[Sr+2]. The van der Waals surface area contributed by atoms with Crippen LogP contribution in [0.2, 0.25) is 0 Å². The van der Waals surface area contributed by atoms with Crippen LogP contribution in [-0.2, 0) is 0 Å². The molecule has 4 heteroatoms. The zero-order valence-electron chi connectivity index (χ0n) is 7.82. The van der Waals surface area contributed by atoms with E-state index in [-0.39, 0.29) is 150 Å². The number of hydrogen-bond donors (Lipinski definition) is 0. The third-order valence-electron chi connectivity index (χ3n) is 0. The van der Waals surface area contributed by atoms with Gasteiger partial charge in [-0.1, -0.05) is 0 Å². The van der Waals surface area contributed by atoms with Crippen LogP contribution in [0.4, 0.5) is 0 Å². The molecule has 0 nitrogen and oxygen atoms in total. The van der Waals surface area contributed by atoms with Gasteiger partial charge >= 0.3 is 102 Å². The molecule has 0 radical (unpaired) electrons. The van der Waals surface area contributed by atoms with Gasteiger partial charge in [0.05, 0.1) is 0 Å². The Labute approximate surface area is 145 Å². The molecule has 16 valence electrons. The van der Waals surface area contributed by atoms with Crippen molar-refractivity contribution in [2.24, 2.45) is 0 Å². The van der Waals surface area contributed by atoms with E-state index in [0.29, 0.717) is 0 Å². The van der Waals surface area contributed by atoms with E-state index in [1.165, 1.54) is 0 Å². The monoisotopic (exact) mass is 292 g/mol. The van der Waals surface area contributed by atoms with E-state index in [9.17, 15) is 0 Å². The molecule has 0 rings (SSSR count). The van der Waals surface area contributed by atoms with Crippen LogP contribution in [0.5, 0.6) is 0 Å². The average Bonchev–Trinajstić information content (AvgIpc) is 0. The topological polar surface area (TPSA) is 0 Å². The molecular weight excluding hydrogens is 285 g/mol. The van der Waals surface area contributed by atoms with E-state index < -0.39 is 0 Å². The van der Waals surface area contributed by atoms with Gasteiger partial charge in [-0.15, -0.1) is 0 Å². The summed E-state index contributed by atoms with van der Waals surface area (Å²) in [5.41, 5.74) is 0. The van der Waals surface area contributed by atoms with E-state index in [1.807, 2.05) is 0 Å². The Hall–Kier alpha value is 4.68. The summed E-state index contributed by atoms with van der Waals surface area (Å²) in [5, 5.41) is 0. The van der Waals surface area contributed by atoms with E-state index in [2.05, 4.69) is 0 Å². The molecule has 0 aliphatic rings. The molecule has 0 N–H and O–H groups in total. The molecule has 0 spiro atoms. The first-order valence-electron chi connectivity index (χ1n) is 0. The fourth-order valence-corrected chi connectivity index (χ4v) is 0. The zero-order valence-corrected chi connectivity index (χ0v) is 11.1. The van der Waals surface area contributed by atoms with Crippen LogP contribution in [0, 0.1) is 40.4 Å². The van der Waals surface area contributed by atoms with Gasteiger partial charge in [0.25, 0.3) is 0 Å². The van der Waals surface area contributed by atoms with Gasteiger partial charge in [0.1, 0.15) is 0 Å². The maximum Gasteiger partial charge on any atom is 2.00 e. The molecule has 0 aromatic rings. The van der Waals surface area contributed by atoms with E-state index in [1.54, 1.807) is 0 Å². The van der Waals surface area contributed by atoms with Crippen molar-refractivity contribution in [2.75, 3.05) is 0 Å². The molecule has 4 heavy (non-hydrogen) atoms. The summed E-state index contributed by atoms with van der Waals surface area (Å²) in [5.74, 6) is 0. The summed E-state index contributed by atoms with van der Waals surface area (Å²) in [4.78, 5) is 0. The van der Waals surface area contributed by atoms with E-state index in [0.717, 1.165) is 0 Å². The fraction of sp³-hybridized carbons (Fsp3) is 0. The van der Waals surface area contributed by atoms with Gasteiger partial charge in [-0.3, -0.25) is 0 Å². The Morgan fingerprint density at radius 1 is 1.25 bits per heavy atom. The molecule has 0 aromatic carbocycles. The van der Waals surface area contributed by atoms with Crippen molar-refractivity contribution in [1.82, 2.24) is 0 Å². The van der Waals surface area contributed by atoms with Gasteiger partial charge in [0.15, 0.2) is 0 Å². The van der Waals surface area contributed by atoms with Crippen LogP contribution in [0.1, 0.15) is 7.13 Å². The molecule has 0 aromatic heterocycles. The van der Waals surface area contributed by atoms with Crippen molar-refractivity contribution in [3.8, 4) is 0 Å². The van der Waals surface area contributed by atoms with E-state index in [4.69, 9.17) is 0 Å². The zero-order chi connectivity index (χ0) is 0.